The Hall–Kier alpha value is -2.33. The maximum atomic E-state index is 13.1. The lowest BCUT2D eigenvalue weighted by molar-refractivity contribution is -0.132. The van der Waals surface area contributed by atoms with Crippen molar-refractivity contribution in [3.05, 3.63) is 65.7 Å². The average molecular weight is 395 g/mol. The quantitative estimate of drug-likeness (QED) is 0.643. The topological polar surface area (TPSA) is 32.8 Å². The molecule has 1 aliphatic rings. The second-order valence-electron chi connectivity index (χ2n) is 8.20. The fourth-order valence-corrected chi connectivity index (χ4v) is 4.20. The summed E-state index contributed by atoms with van der Waals surface area (Å²) in [5.74, 6) is 1.68. The summed E-state index contributed by atoms with van der Waals surface area (Å²) in [6.07, 6.45) is 4.66. The third kappa shape index (κ3) is 6.90. The molecule has 156 valence electrons. The normalized spacial score (nSPS) is 17.1. The van der Waals surface area contributed by atoms with Gasteiger partial charge < -0.3 is 14.5 Å². The number of carbonyl (C=O) groups is 1. The number of likely N-dealkylation sites (tertiary alicyclic amines) is 1. The third-order valence-corrected chi connectivity index (χ3v) is 5.83. The van der Waals surface area contributed by atoms with Crippen molar-refractivity contribution in [3.63, 3.8) is 0 Å². The summed E-state index contributed by atoms with van der Waals surface area (Å²) >= 11 is 0. The van der Waals surface area contributed by atoms with E-state index in [1.165, 1.54) is 24.9 Å². The van der Waals surface area contributed by atoms with Crippen LogP contribution in [-0.4, -0.2) is 56.0 Å². The number of ether oxygens (including phenoxy) is 1. The highest BCUT2D eigenvalue weighted by atomic mass is 16.5. The Kier molecular flexibility index (Phi) is 8.12. The van der Waals surface area contributed by atoms with Gasteiger partial charge in [0.15, 0.2) is 0 Å². The molecule has 1 atom stereocenters. The van der Waals surface area contributed by atoms with Gasteiger partial charge in [-0.25, -0.2) is 0 Å². The van der Waals surface area contributed by atoms with Crippen LogP contribution >= 0.6 is 0 Å². The lowest BCUT2D eigenvalue weighted by Gasteiger charge is -2.34. The van der Waals surface area contributed by atoms with Crippen molar-refractivity contribution < 1.29 is 9.53 Å². The van der Waals surface area contributed by atoms with E-state index >= 15 is 0 Å². The number of benzene rings is 2. The maximum absolute atomic E-state index is 13.1. The van der Waals surface area contributed by atoms with E-state index in [1.807, 2.05) is 24.3 Å². The van der Waals surface area contributed by atoms with Crippen molar-refractivity contribution in [2.24, 2.45) is 5.92 Å². The molecule has 0 spiro atoms. The van der Waals surface area contributed by atoms with E-state index in [1.54, 1.807) is 7.11 Å². The van der Waals surface area contributed by atoms with E-state index in [4.69, 9.17) is 4.74 Å². The van der Waals surface area contributed by atoms with E-state index in [0.717, 1.165) is 43.8 Å². The standard InChI is InChI=1S/C25H34N2O2/c1-26-16-7-11-23(19-26)20-27(17-15-21-8-4-3-5-9-21)25(28)14-13-22-10-6-12-24(18-22)29-2/h3-6,8-10,12,18,23H,7,11,13-17,19-20H2,1-2H3/t23-/m0/s1. The summed E-state index contributed by atoms with van der Waals surface area (Å²) < 4.78 is 5.31. The number of methoxy groups -OCH3 is 1. The minimum atomic E-state index is 0.261. The monoisotopic (exact) mass is 394 g/mol. The van der Waals surface area contributed by atoms with E-state index < -0.39 is 0 Å². The van der Waals surface area contributed by atoms with Crippen molar-refractivity contribution in [2.75, 3.05) is 40.3 Å². The summed E-state index contributed by atoms with van der Waals surface area (Å²) in [6, 6.07) is 18.5. The van der Waals surface area contributed by atoms with Gasteiger partial charge in [-0.2, -0.15) is 0 Å². The molecule has 0 unspecified atom stereocenters. The molecule has 3 rings (SSSR count). The molecule has 1 heterocycles. The average Bonchev–Trinajstić information content (AvgIpc) is 2.76. The van der Waals surface area contributed by atoms with E-state index in [2.05, 4.69) is 47.2 Å². The largest absolute Gasteiger partial charge is 0.497 e. The van der Waals surface area contributed by atoms with Crippen LogP contribution in [0.5, 0.6) is 5.75 Å². The number of amides is 1. The van der Waals surface area contributed by atoms with Crippen LogP contribution in [0.4, 0.5) is 0 Å². The summed E-state index contributed by atoms with van der Waals surface area (Å²) in [7, 11) is 3.86. The van der Waals surface area contributed by atoms with Crippen LogP contribution in [0.15, 0.2) is 54.6 Å². The van der Waals surface area contributed by atoms with Crippen molar-refractivity contribution in [1.82, 2.24) is 9.80 Å². The molecule has 0 saturated carbocycles. The van der Waals surface area contributed by atoms with Crippen LogP contribution in [-0.2, 0) is 17.6 Å². The first-order valence-corrected chi connectivity index (χ1v) is 10.8. The van der Waals surface area contributed by atoms with Crippen molar-refractivity contribution in [2.45, 2.75) is 32.1 Å². The van der Waals surface area contributed by atoms with Crippen LogP contribution in [0, 0.1) is 5.92 Å². The Morgan fingerprint density at radius 3 is 2.66 bits per heavy atom. The fraction of sp³-hybridized carbons (Fsp3) is 0.480. The molecule has 1 amide bonds. The number of nitrogens with zero attached hydrogens (tertiary/aromatic N) is 2. The van der Waals surface area contributed by atoms with E-state index in [0.29, 0.717) is 12.3 Å². The number of rotatable bonds is 9. The molecule has 0 aromatic heterocycles. The van der Waals surface area contributed by atoms with Gasteiger partial charge in [-0.1, -0.05) is 42.5 Å². The molecule has 0 N–H and O–H groups in total. The number of hydrogen-bond donors (Lipinski definition) is 0. The molecule has 0 radical (unpaired) electrons. The van der Waals surface area contributed by atoms with Crippen molar-refractivity contribution >= 4 is 5.91 Å². The predicted octanol–water partition coefficient (Wildman–Crippen LogP) is 4.04. The molecule has 4 nitrogen and oxygen atoms in total. The Bertz CT molecular complexity index is 762. The Morgan fingerprint density at radius 1 is 1.10 bits per heavy atom. The molecule has 0 aliphatic carbocycles. The van der Waals surface area contributed by atoms with Gasteiger partial charge in [0.05, 0.1) is 7.11 Å². The van der Waals surface area contributed by atoms with Gasteiger partial charge in [0.25, 0.3) is 0 Å². The summed E-state index contributed by atoms with van der Waals surface area (Å²) in [5, 5.41) is 0. The maximum Gasteiger partial charge on any atom is 0.222 e. The number of carbonyl (C=O) groups excluding carboxylic acids is 1. The number of piperidine rings is 1. The molecule has 0 bridgehead atoms. The zero-order valence-corrected chi connectivity index (χ0v) is 17.8. The molecular weight excluding hydrogens is 360 g/mol. The van der Waals surface area contributed by atoms with E-state index in [9.17, 15) is 4.79 Å². The minimum Gasteiger partial charge on any atom is -0.497 e. The van der Waals surface area contributed by atoms with Gasteiger partial charge in [-0.3, -0.25) is 4.79 Å². The van der Waals surface area contributed by atoms with Crippen LogP contribution in [0.1, 0.15) is 30.4 Å². The SMILES string of the molecule is COc1cccc(CCC(=O)N(CCc2ccccc2)C[C@H]2CCCN(C)C2)c1. The van der Waals surface area contributed by atoms with Gasteiger partial charge in [0.2, 0.25) is 5.91 Å². The molecular formula is C25H34N2O2. The van der Waals surface area contributed by atoms with Gasteiger partial charge in [-0.15, -0.1) is 0 Å². The first-order chi connectivity index (χ1) is 14.1. The molecule has 1 fully saturated rings. The summed E-state index contributed by atoms with van der Waals surface area (Å²) in [6.45, 7) is 3.92. The van der Waals surface area contributed by atoms with Gasteiger partial charge in [-0.05, 0) is 68.5 Å². The Labute approximate surface area is 175 Å². The number of hydrogen-bond acceptors (Lipinski definition) is 3. The summed E-state index contributed by atoms with van der Waals surface area (Å²) in [5.41, 5.74) is 2.44. The molecule has 1 aliphatic heterocycles. The third-order valence-electron chi connectivity index (χ3n) is 5.83. The van der Waals surface area contributed by atoms with Crippen LogP contribution in [0.2, 0.25) is 0 Å². The van der Waals surface area contributed by atoms with Crippen molar-refractivity contribution in [3.8, 4) is 5.75 Å². The zero-order chi connectivity index (χ0) is 20.5. The van der Waals surface area contributed by atoms with E-state index in [-0.39, 0.29) is 5.91 Å². The van der Waals surface area contributed by atoms with Gasteiger partial charge in [0, 0.05) is 26.1 Å². The molecule has 4 heteroatoms. The highest BCUT2D eigenvalue weighted by molar-refractivity contribution is 5.76. The highest BCUT2D eigenvalue weighted by Gasteiger charge is 2.22. The van der Waals surface area contributed by atoms with Gasteiger partial charge in [0.1, 0.15) is 5.75 Å². The highest BCUT2D eigenvalue weighted by Crippen LogP contribution is 2.19. The Morgan fingerprint density at radius 2 is 1.90 bits per heavy atom. The second-order valence-corrected chi connectivity index (χ2v) is 8.20. The summed E-state index contributed by atoms with van der Waals surface area (Å²) in [4.78, 5) is 17.6. The zero-order valence-electron chi connectivity index (χ0n) is 17.8. The first kappa shape index (κ1) is 21.4. The van der Waals surface area contributed by atoms with Crippen LogP contribution in [0.25, 0.3) is 0 Å². The first-order valence-electron chi connectivity index (χ1n) is 10.8. The smallest absolute Gasteiger partial charge is 0.222 e. The van der Waals surface area contributed by atoms with Crippen molar-refractivity contribution in [1.29, 1.82) is 0 Å². The van der Waals surface area contributed by atoms with Gasteiger partial charge >= 0.3 is 0 Å². The second kappa shape index (κ2) is 11.0. The lowest BCUT2D eigenvalue weighted by Crippen LogP contribution is -2.42. The predicted molar refractivity (Wildman–Crippen MR) is 118 cm³/mol. The fourth-order valence-electron chi connectivity index (χ4n) is 4.20. The Balaban J connectivity index is 1.60. The van der Waals surface area contributed by atoms with Crippen LogP contribution < -0.4 is 4.74 Å². The molecule has 2 aromatic carbocycles. The molecule has 1 saturated heterocycles. The number of aryl methyl sites for hydroxylation is 1. The molecule has 29 heavy (non-hydrogen) atoms. The lowest BCUT2D eigenvalue weighted by atomic mass is 9.97. The minimum absolute atomic E-state index is 0.261. The molecule has 2 aromatic rings. The van der Waals surface area contributed by atoms with Crippen LogP contribution in [0.3, 0.4) is 0 Å².